The first-order valence-electron chi connectivity index (χ1n) is 11.1. The van der Waals surface area contributed by atoms with Gasteiger partial charge in [-0.3, -0.25) is 19.5 Å². The lowest BCUT2D eigenvalue weighted by Gasteiger charge is -2.23. The molecule has 1 aliphatic rings. The number of aromatic nitrogens is 1. The van der Waals surface area contributed by atoms with E-state index in [4.69, 9.17) is 20.8 Å². The Morgan fingerprint density at radius 3 is 2.84 bits per heavy atom. The number of esters is 1. The fourth-order valence-corrected chi connectivity index (χ4v) is 6.06. The SMILES string of the molecule is CCOC(=O)C1=C(C)N=c2s/c(=C/c3ccc(-c4ccc(Cl)c([N+](=O)[O-])c4)o3)c(=O)n2[C@@H]1c1cccs1. The lowest BCUT2D eigenvalue weighted by molar-refractivity contribution is -0.384. The van der Waals surface area contributed by atoms with Crippen molar-refractivity contribution in [2.24, 2.45) is 4.99 Å². The summed E-state index contributed by atoms with van der Waals surface area (Å²) in [7, 11) is 0. The van der Waals surface area contributed by atoms with Gasteiger partial charge in [0, 0.05) is 22.6 Å². The highest BCUT2D eigenvalue weighted by Gasteiger charge is 2.33. The molecule has 0 unspecified atom stereocenters. The molecule has 1 aromatic carbocycles. The van der Waals surface area contributed by atoms with Gasteiger partial charge < -0.3 is 9.15 Å². The minimum absolute atomic E-state index is 0.0272. The monoisotopic (exact) mass is 555 g/mol. The molecule has 0 aliphatic carbocycles. The van der Waals surface area contributed by atoms with Crippen molar-refractivity contribution in [3.8, 4) is 11.3 Å². The van der Waals surface area contributed by atoms with E-state index in [2.05, 4.69) is 4.99 Å². The predicted octanol–water partition coefficient (Wildman–Crippen LogP) is 4.68. The van der Waals surface area contributed by atoms with Crippen LogP contribution in [0, 0.1) is 10.1 Å². The number of thiophene rings is 1. The predicted molar refractivity (Wildman–Crippen MR) is 141 cm³/mol. The molecule has 0 saturated heterocycles. The molecule has 0 radical (unpaired) electrons. The molecule has 0 spiro atoms. The third kappa shape index (κ3) is 4.57. The van der Waals surface area contributed by atoms with Crippen LogP contribution in [0.1, 0.15) is 30.5 Å². The number of nitrogens with zero attached hydrogens (tertiary/aromatic N) is 3. The van der Waals surface area contributed by atoms with Crippen LogP contribution in [0.2, 0.25) is 5.02 Å². The van der Waals surface area contributed by atoms with Gasteiger partial charge in [0.2, 0.25) is 0 Å². The molecular weight excluding hydrogens is 538 g/mol. The van der Waals surface area contributed by atoms with Gasteiger partial charge in [-0.05, 0) is 49.6 Å². The van der Waals surface area contributed by atoms with E-state index in [1.54, 1.807) is 38.1 Å². The van der Waals surface area contributed by atoms with Gasteiger partial charge in [0.05, 0.1) is 27.3 Å². The fraction of sp³-hybridized carbons (Fsp3) is 0.160. The number of halogens is 1. The standard InChI is InChI=1S/C25H18ClN3O6S2/c1-3-34-24(31)21-13(2)27-25-28(22(21)19-5-4-10-36-19)23(30)20(37-25)12-15-7-9-18(35-15)14-6-8-16(26)17(11-14)29(32)33/h4-12,22H,3H2,1-2H3/b20-12+/t22-/m1/s1. The smallest absolute Gasteiger partial charge is 0.338 e. The summed E-state index contributed by atoms with van der Waals surface area (Å²) < 4.78 is 13.0. The molecule has 0 N–H and O–H groups in total. The fourth-order valence-electron chi connectivity index (χ4n) is 4.03. The van der Waals surface area contributed by atoms with Gasteiger partial charge in [-0.2, -0.15) is 0 Å². The van der Waals surface area contributed by atoms with Crippen LogP contribution in [0.3, 0.4) is 0 Å². The number of ether oxygens (including phenoxy) is 1. The van der Waals surface area contributed by atoms with E-state index in [0.29, 0.717) is 37.7 Å². The van der Waals surface area contributed by atoms with Crippen LogP contribution < -0.4 is 14.9 Å². The van der Waals surface area contributed by atoms with Gasteiger partial charge in [0.15, 0.2) is 4.80 Å². The first kappa shape index (κ1) is 24.9. The number of rotatable bonds is 6. The quantitative estimate of drug-likeness (QED) is 0.194. The average Bonchev–Trinajstić information content (AvgIpc) is 3.61. The number of nitro benzene ring substituents is 1. The number of thiazole rings is 1. The van der Waals surface area contributed by atoms with Gasteiger partial charge in [0.1, 0.15) is 22.6 Å². The Bertz CT molecular complexity index is 1750. The topological polar surface area (TPSA) is 117 Å². The summed E-state index contributed by atoms with van der Waals surface area (Å²) in [6.45, 7) is 3.66. The third-order valence-electron chi connectivity index (χ3n) is 5.66. The van der Waals surface area contributed by atoms with Crippen molar-refractivity contribution < 1.29 is 18.9 Å². The van der Waals surface area contributed by atoms with Gasteiger partial charge in [-0.25, -0.2) is 9.79 Å². The summed E-state index contributed by atoms with van der Waals surface area (Å²) >= 11 is 8.53. The number of hydrogen-bond acceptors (Lipinski definition) is 9. The Kier molecular flexibility index (Phi) is 6.67. The zero-order valence-corrected chi connectivity index (χ0v) is 21.9. The van der Waals surface area contributed by atoms with Crippen molar-refractivity contribution in [2.75, 3.05) is 6.61 Å². The highest BCUT2D eigenvalue weighted by molar-refractivity contribution is 7.10. The highest BCUT2D eigenvalue weighted by Crippen LogP contribution is 2.33. The number of carbonyl (C=O) groups is 1. The molecule has 4 aromatic rings. The number of hydrogen-bond donors (Lipinski definition) is 0. The maximum Gasteiger partial charge on any atom is 0.338 e. The summed E-state index contributed by atoms with van der Waals surface area (Å²) in [5.41, 5.74) is 0.745. The van der Waals surface area contributed by atoms with Crippen molar-refractivity contribution >= 4 is 52.0 Å². The van der Waals surface area contributed by atoms with E-state index in [0.717, 1.165) is 4.88 Å². The van der Waals surface area contributed by atoms with Crippen LogP contribution in [0.15, 0.2) is 73.3 Å². The zero-order chi connectivity index (χ0) is 26.3. The van der Waals surface area contributed by atoms with E-state index in [9.17, 15) is 19.7 Å². The zero-order valence-electron chi connectivity index (χ0n) is 19.5. The summed E-state index contributed by atoms with van der Waals surface area (Å²) in [5.74, 6) is 0.256. The largest absolute Gasteiger partial charge is 0.463 e. The van der Waals surface area contributed by atoms with Gasteiger partial charge in [-0.15, -0.1) is 11.3 Å². The van der Waals surface area contributed by atoms with Crippen LogP contribution in [0.5, 0.6) is 0 Å². The summed E-state index contributed by atoms with van der Waals surface area (Å²) in [4.78, 5) is 42.9. The Hall–Kier alpha value is -3.80. The lowest BCUT2D eigenvalue weighted by Crippen LogP contribution is -2.39. The number of allylic oxidation sites excluding steroid dienone is 1. The molecule has 12 heteroatoms. The number of furan rings is 1. The maximum absolute atomic E-state index is 13.6. The van der Waals surface area contributed by atoms with Gasteiger partial charge in [-0.1, -0.05) is 29.0 Å². The van der Waals surface area contributed by atoms with Gasteiger partial charge in [0.25, 0.3) is 11.2 Å². The molecule has 1 aliphatic heterocycles. The van der Waals surface area contributed by atoms with Crippen molar-refractivity contribution in [1.29, 1.82) is 0 Å². The van der Waals surface area contributed by atoms with E-state index in [-0.39, 0.29) is 22.9 Å². The normalized spacial score (nSPS) is 15.4. The molecule has 4 heterocycles. The second kappa shape index (κ2) is 9.92. The van der Waals surface area contributed by atoms with Crippen molar-refractivity contribution in [1.82, 2.24) is 4.57 Å². The van der Waals surface area contributed by atoms with Gasteiger partial charge >= 0.3 is 5.97 Å². The Morgan fingerprint density at radius 1 is 1.32 bits per heavy atom. The molecule has 3 aromatic heterocycles. The van der Waals surface area contributed by atoms with Crippen LogP contribution in [-0.4, -0.2) is 22.1 Å². The Balaban J connectivity index is 1.59. The van der Waals surface area contributed by atoms with Crippen LogP contribution in [0.25, 0.3) is 17.4 Å². The van der Waals surface area contributed by atoms with E-state index in [1.165, 1.54) is 39.4 Å². The molecule has 5 rings (SSSR count). The first-order valence-corrected chi connectivity index (χ1v) is 13.1. The maximum atomic E-state index is 13.6. The Morgan fingerprint density at radius 2 is 2.14 bits per heavy atom. The molecular formula is C25H18ClN3O6S2. The average molecular weight is 556 g/mol. The number of nitro groups is 1. The summed E-state index contributed by atoms with van der Waals surface area (Å²) in [6, 6.07) is 10.8. The summed E-state index contributed by atoms with van der Waals surface area (Å²) in [6.07, 6.45) is 1.59. The molecule has 0 saturated carbocycles. The van der Waals surface area contributed by atoms with E-state index in [1.807, 2.05) is 17.5 Å². The number of fused-ring (bicyclic) bond motifs is 1. The molecule has 0 fully saturated rings. The molecule has 188 valence electrons. The molecule has 0 bridgehead atoms. The van der Waals surface area contributed by atoms with Crippen LogP contribution >= 0.6 is 34.3 Å². The lowest BCUT2D eigenvalue weighted by atomic mass is 10.0. The molecule has 37 heavy (non-hydrogen) atoms. The first-order chi connectivity index (χ1) is 17.8. The minimum atomic E-state index is -0.653. The minimum Gasteiger partial charge on any atom is -0.463 e. The molecule has 0 amide bonds. The number of carbonyl (C=O) groups excluding carboxylic acids is 1. The van der Waals surface area contributed by atoms with E-state index >= 15 is 0 Å². The molecule has 9 nitrogen and oxygen atoms in total. The van der Waals surface area contributed by atoms with Crippen LogP contribution in [-0.2, 0) is 9.53 Å². The molecule has 1 atom stereocenters. The van der Waals surface area contributed by atoms with Crippen LogP contribution in [0.4, 0.5) is 5.69 Å². The van der Waals surface area contributed by atoms with Crippen molar-refractivity contribution in [2.45, 2.75) is 19.9 Å². The number of benzene rings is 1. The highest BCUT2D eigenvalue weighted by atomic mass is 35.5. The Labute approximate surface area is 222 Å². The third-order valence-corrected chi connectivity index (χ3v) is 7.88. The second-order valence-electron chi connectivity index (χ2n) is 7.94. The van der Waals surface area contributed by atoms with Crippen molar-refractivity contribution in [3.63, 3.8) is 0 Å². The summed E-state index contributed by atoms with van der Waals surface area (Å²) in [5, 5.41) is 13.1. The van der Waals surface area contributed by atoms with Crippen molar-refractivity contribution in [3.05, 3.63) is 105 Å². The second-order valence-corrected chi connectivity index (χ2v) is 10.3. The van der Waals surface area contributed by atoms with E-state index < -0.39 is 16.9 Å².